The fourth-order valence-corrected chi connectivity index (χ4v) is 3.67. The van der Waals surface area contributed by atoms with Crippen molar-refractivity contribution in [3.8, 4) is 0 Å². The van der Waals surface area contributed by atoms with E-state index in [9.17, 15) is 18.8 Å². The molecule has 0 aromatic carbocycles. The third-order valence-electron chi connectivity index (χ3n) is 5.05. The van der Waals surface area contributed by atoms with Crippen molar-refractivity contribution in [3.63, 3.8) is 0 Å². The summed E-state index contributed by atoms with van der Waals surface area (Å²) in [4.78, 5) is 38.0. The summed E-state index contributed by atoms with van der Waals surface area (Å²) in [5, 5.41) is 2.84. The summed E-state index contributed by atoms with van der Waals surface area (Å²) in [6.45, 7) is 0.0438. The molecule has 136 valence electrons. The minimum absolute atomic E-state index is 0.00484. The number of alkyl halides is 1. The van der Waals surface area contributed by atoms with E-state index in [-0.39, 0.29) is 37.1 Å². The monoisotopic (exact) mass is 350 g/mol. The fourth-order valence-electron chi connectivity index (χ4n) is 3.67. The summed E-state index contributed by atoms with van der Waals surface area (Å²) >= 11 is 0. The molecule has 0 radical (unpaired) electrons. The van der Waals surface area contributed by atoms with Gasteiger partial charge >= 0.3 is 0 Å². The van der Waals surface area contributed by atoms with Gasteiger partial charge in [-0.05, 0) is 25.0 Å². The van der Waals surface area contributed by atoms with Gasteiger partial charge in [0.2, 0.25) is 5.91 Å². The Kier molecular flexibility index (Phi) is 5.50. The van der Waals surface area contributed by atoms with Crippen LogP contribution >= 0.6 is 0 Å². The summed E-state index contributed by atoms with van der Waals surface area (Å²) in [7, 11) is 0. The van der Waals surface area contributed by atoms with Crippen LogP contribution in [-0.4, -0.2) is 47.8 Å². The smallest absolute Gasteiger partial charge is 0.298 e. The molecule has 1 saturated heterocycles. The first kappa shape index (κ1) is 17.6. The Bertz CT molecular complexity index is 625. The number of hydrogen-bond donors (Lipinski definition) is 1. The quantitative estimate of drug-likeness (QED) is 0.651. The van der Waals surface area contributed by atoms with E-state index in [4.69, 9.17) is 4.42 Å². The van der Waals surface area contributed by atoms with Crippen LogP contribution < -0.4 is 5.32 Å². The molecule has 0 unspecified atom stereocenters. The molecule has 2 fully saturated rings. The van der Waals surface area contributed by atoms with Gasteiger partial charge in [-0.1, -0.05) is 19.3 Å². The second-order valence-corrected chi connectivity index (χ2v) is 6.83. The third kappa shape index (κ3) is 4.08. The van der Waals surface area contributed by atoms with Gasteiger partial charge < -0.3 is 14.6 Å². The molecule has 1 saturated carbocycles. The van der Waals surface area contributed by atoms with Crippen LogP contribution in [0.5, 0.6) is 0 Å². The summed E-state index contributed by atoms with van der Waals surface area (Å²) in [5.74, 6) is -1.66. The van der Waals surface area contributed by atoms with Gasteiger partial charge in [0.05, 0.1) is 18.8 Å². The molecule has 2 aliphatic rings. The predicted molar refractivity (Wildman–Crippen MR) is 87.6 cm³/mol. The molecule has 25 heavy (non-hydrogen) atoms. The normalized spacial score (nSPS) is 24.3. The predicted octanol–water partition coefficient (Wildman–Crippen LogP) is 2.10. The molecule has 1 aromatic rings. The van der Waals surface area contributed by atoms with Crippen molar-refractivity contribution in [1.82, 2.24) is 10.2 Å². The van der Waals surface area contributed by atoms with Gasteiger partial charge in [-0.25, -0.2) is 4.39 Å². The van der Waals surface area contributed by atoms with Gasteiger partial charge in [-0.15, -0.1) is 0 Å². The summed E-state index contributed by atoms with van der Waals surface area (Å²) < 4.78 is 18.8. The molecule has 1 aliphatic carbocycles. The number of Topliss-reactive ketones (excluding diaryl/α,β-unsaturated/α-hetero) is 1. The Morgan fingerprint density at radius 2 is 2.00 bits per heavy atom. The number of nitrogens with one attached hydrogen (secondary N) is 1. The molecule has 1 aliphatic heterocycles. The van der Waals surface area contributed by atoms with Crippen LogP contribution in [0.15, 0.2) is 22.8 Å². The number of nitrogens with zero attached hydrogens (tertiary/aromatic N) is 1. The lowest BCUT2D eigenvalue weighted by Gasteiger charge is -2.25. The highest BCUT2D eigenvalue weighted by Crippen LogP contribution is 2.25. The zero-order chi connectivity index (χ0) is 17.8. The third-order valence-corrected chi connectivity index (χ3v) is 5.05. The number of furan rings is 1. The number of ketones is 1. The average molecular weight is 350 g/mol. The largest absolute Gasteiger partial charge is 0.461 e. The number of rotatable bonds is 5. The lowest BCUT2D eigenvalue weighted by atomic mass is 9.88. The summed E-state index contributed by atoms with van der Waals surface area (Å²) in [5.41, 5.74) is 0. The van der Waals surface area contributed by atoms with Crippen molar-refractivity contribution >= 4 is 17.6 Å². The lowest BCUT2D eigenvalue weighted by Crippen LogP contribution is -2.46. The van der Waals surface area contributed by atoms with E-state index in [0.29, 0.717) is 0 Å². The Morgan fingerprint density at radius 3 is 2.68 bits per heavy atom. The van der Waals surface area contributed by atoms with Crippen LogP contribution in [0.1, 0.15) is 49.1 Å². The van der Waals surface area contributed by atoms with Gasteiger partial charge in [-0.2, -0.15) is 0 Å². The number of hydrogen-bond acceptors (Lipinski definition) is 4. The summed E-state index contributed by atoms with van der Waals surface area (Å²) in [6.07, 6.45) is 5.26. The SMILES string of the molecule is O=C(C(=O)N1C[C@@H](F)C[C@H]1CNC(=O)C1CCCCC1)c1ccco1. The summed E-state index contributed by atoms with van der Waals surface area (Å²) in [6, 6.07) is 2.42. The highest BCUT2D eigenvalue weighted by molar-refractivity contribution is 6.42. The molecule has 6 nitrogen and oxygen atoms in total. The average Bonchev–Trinajstić information content (AvgIpc) is 3.29. The Balaban J connectivity index is 1.58. The maximum absolute atomic E-state index is 13.8. The second-order valence-electron chi connectivity index (χ2n) is 6.83. The van der Waals surface area contributed by atoms with Crippen molar-refractivity contribution in [2.24, 2.45) is 5.92 Å². The van der Waals surface area contributed by atoms with Gasteiger partial charge in [0.1, 0.15) is 6.17 Å². The molecule has 0 bridgehead atoms. The standard InChI is InChI=1S/C18H23FN2O4/c19-13-9-14(10-20-17(23)12-5-2-1-3-6-12)21(11-13)18(24)16(22)15-7-4-8-25-15/h4,7-8,12-14H,1-3,5-6,9-11H2,(H,20,23)/t13-,14-/m0/s1. The highest BCUT2D eigenvalue weighted by Gasteiger charge is 2.39. The van der Waals surface area contributed by atoms with Crippen LogP contribution in [0.4, 0.5) is 4.39 Å². The van der Waals surface area contributed by atoms with E-state index < -0.39 is 23.9 Å². The first-order valence-electron chi connectivity index (χ1n) is 8.87. The van der Waals surface area contributed by atoms with Crippen LogP contribution in [-0.2, 0) is 9.59 Å². The van der Waals surface area contributed by atoms with Gasteiger partial charge in [-0.3, -0.25) is 14.4 Å². The van der Waals surface area contributed by atoms with Gasteiger partial charge in [0, 0.05) is 18.9 Å². The van der Waals surface area contributed by atoms with E-state index in [1.165, 1.54) is 23.3 Å². The van der Waals surface area contributed by atoms with Crippen LogP contribution in [0.25, 0.3) is 0 Å². The Morgan fingerprint density at radius 1 is 1.24 bits per heavy atom. The Hall–Kier alpha value is -2.18. The second kappa shape index (κ2) is 7.80. The fraction of sp³-hybridized carbons (Fsp3) is 0.611. The molecule has 3 rings (SSSR count). The topological polar surface area (TPSA) is 79.6 Å². The van der Waals surface area contributed by atoms with E-state index in [0.717, 1.165) is 32.1 Å². The van der Waals surface area contributed by atoms with Gasteiger partial charge in [0.25, 0.3) is 11.7 Å². The van der Waals surface area contributed by atoms with Crippen molar-refractivity contribution in [1.29, 1.82) is 0 Å². The number of carbonyl (C=O) groups excluding carboxylic acids is 3. The number of carbonyl (C=O) groups is 3. The molecule has 0 spiro atoms. The molecule has 2 heterocycles. The van der Waals surface area contributed by atoms with Crippen molar-refractivity contribution in [2.45, 2.75) is 50.7 Å². The molecule has 2 amide bonds. The van der Waals surface area contributed by atoms with Crippen molar-refractivity contribution < 1.29 is 23.2 Å². The first-order chi connectivity index (χ1) is 12.1. The molecule has 1 aromatic heterocycles. The minimum atomic E-state index is -1.19. The zero-order valence-electron chi connectivity index (χ0n) is 14.1. The van der Waals surface area contributed by atoms with Crippen molar-refractivity contribution in [3.05, 3.63) is 24.2 Å². The number of likely N-dealkylation sites (tertiary alicyclic amines) is 1. The molecule has 1 N–H and O–H groups in total. The van der Waals surface area contributed by atoms with Crippen LogP contribution in [0.3, 0.4) is 0 Å². The molecular weight excluding hydrogens is 327 g/mol. The Labute approximate surface area is 145 Å². The van der Waals surface area contributed by atoms with E-state index in [1.54, 1.807) is 0 Å². The zero-order valence-corrected chi connectivity index (χ0v) is 14.1. The number of halogens is 1. The minimum Gasteiger partial charge on any atom is -0.461 e. The first-order valence-corrected chi connectivity index (χ1v) is 8.87. The maximum Gasteiger partial charge on any atom is 0.298 e. The van der Waals surface area contributed by atoms with E-state index in [2.05, 4.69) is 5.32 Å². The van der Waals surface area contributed by atoms with Gasteiger partial charge in [0.15, 0.2) is 5.76 Å². The lowest BCUT2D eigenvalue weighted by molar-refractivity contribution is -0.129. The maximum atomic E-state index is 13.8. The van der Waals surface area contributed by atoms with E-state index >= 15 is 0 Å². The van der Waals surface area contributed by atoms with Crippen molar-refractivity contribution in [2.75, 3.05) is 13.1 Å². The molecule has 2 atom stereocenters. The molecular formula is C18H23FN2O4. The number of amides is 2. The van der Waals surface area contributed by atoms with Crippen LogP contribution in [0.2, 0.25) is 0 Å². The van der Waals surface area contributed by atoms with Crippen LogP contribution in [0, 0.1) is 5.92 Å². The molecule has 7 heteroatoms. The highest BCUT2D eigenvalue weighted by atomic mass is 19.1. The van der Waals surface area contributed by atoms with E-state index in [1.807, 2.05) is 0 Å².